The van der Waals surface area contributed by atoms with Gasteiger partial charge in [0.15, 0.2) is 5.82 Å². The van der Waals surface area contributed by atoms with E-state index in [9.17, 15) is 4.39 Å². The van der Waals surface area contributed by atoms with E-state index < -0.39 is 0 Å². The summed E-state index contributed by atoms with van der Waals surface area (Å²) in [6, 6.07) is 13.3. The fraction of sp³-hybridized carbons (Fsp3) is 0.125. The van der Waals surface area contributed by atoms with Gasteiger partial charge in [-0.25, -0.2) is 9.07 Å². The van der Waals surface area contributed by atoms with Crippen LogP contribution >= 0.6 is 23.4 Å². The van der Waals surface area contributed by atoms with Gasteiger partial charge in [0.1, 0.15) is 18.2 Å². The molecule has 0 radical (unpaired) electrons. The molecule has 0 aliphatic carbocycles. The van der Waals surface area contributed by atoms with Gasteiger partial charge in [-0.2, -0.15) is 0 Å². The van der Waals surface area contributed by atoms with Crippen LogP contribution in [-0.2, 0) is 12.4 Å². The van der Waals surface area contributed by atoms with Gasteiger partial charge in [-0.05, 0) is 35.9 Å². The van der Waals surface area contributed by atoms with Gasteiger partial charge in [-0.1, -0.05) is 41.6 Å². The Balaban J connectivity index is 1.61. The molecule has 1 heterocycles. The molecule has 8 heteroatoms. The Bertz CT molecular complexity index is 825. The van der Waals surface area contributed by atoms with Gasteiger partial charge < -0.3 is 10.6 Å². The van der Waals surface area contributed by atoms with Crippen LogP contribution < -0.4 is 10.6 Å². The molecule has 124 valence electrons. The van der Waals surface area contributed by atoms with Crippen LogP contribution in [0.4, 0.5) is 4.39 Å². The Kier molecular flexibility index (Phi) is 5.22. The summed E-state index contributed by atoms with van der Waals surface area (Å²) in [5.74, 6) is 7.31. The molecule has 0 saturated heterocycles. The van der Waals surface area contributed by atoms with Crippen LogP contribution in [0.15, 0.2) is 53.7 Å². The van der Waals surface area contributed by atoms with Crippen molar-refractivity contribution in [1.29, 1.82) is 0 Å². The number of ether oxygens (including phenoxy) is 1. The summed E-state index contributed by atoms with van der Waals surface area (Å²) in [7, 11) is 0. The van der Waals surface area contributed by atoms with Crippen LogP contribution in [-0.4, -0.2) is 14.9 Å². The summed E-state index contributed by atoms with van der Waals surface area (Å²) < 4.78 is 19.8. The van der Waals surface area contributed by atoms with Crippen LogP contribution in [0, 0.1) is 5.82 Å². The Morgan fingerprint density at radius 2 is 1.88 bits per heavy atom. The average Bonchev–Trinajstić information content (AvgIpc) is 2.94. The highest BCUT2D eigenvalue weighted by atomic mass is 35.5. The molecule has 0 atom stereocenters. The minimum atomic E-state index is -0.317. The number of thioether (sulfide) groups is 1. The van der Waals surface area contributed by atoms with Gasteiger partial charge in [-0.15, -0.1) is 10.2 Å². The van der Waals surface area contributed by atoms with Crippen molar-refractivity contribution in [1.82, 2.24) is 14.9 Å². The van der Waals surface area contributed by atoms with E-state index in [-0.39, 0.29) is 12.4 Å². The van der Waals surface area contributed by atoms with E-state index in [2.05, 4.69) is 10.2 Å². The van der Waals surface area contributed by atoms with Gasteiger partial charge in [0.25, 0.3) is 0 Å². The van der Waals surface area contributed by atoms with Gasteiger partial charge >= 0.3 is 0 Å². The number of aromatic nitrogens is 3. The van der Waals surface area contributed by atoms with Crippen LogP contribution in [0.1, 0.15) is 11.4 Å². The van der Waals surface area contributed by atoms with E-state index in [1.165, 1.54) is 28.6 Å². The summed E-state index contributed by atoms with van der Waals surface area (Å²) in [5, 5.41) is 9.34. The van der Waals surface area contributed by atoms with Crippen molar-refractivity contribution in [2.45, 2.75) is 17.5 Å². The van der Waals surface area contributed by atoms with Crippen molar-refractivity contribution in [2.24, 2.45) is 0 Å². The number of hydrogen-bond acceptors (Lipinski definition) is 5. The molecule has 24 heavy (non-hydrogen) atoms. The standard InChI is InChI=1S/C16H14ClFN4OS/c17-14-4-2-1-3-11(14)10-24-16-21-20-15(22(16)19)9-23-13-7-5-12(18)6-8-13/h1-8H,9-10,19H2. The van der Waals surface area contributed by atoms with Crippen LogP contribution in [0.3, 0.4) is 0 Å². The molecule has 0 aliphatic heterocycles. The first-order valence-electron chi connectivity index (χ1n) is 7.07. The average molecular weight is 365 g/mol. The molecule has 1 aromatic heterocycles. The molecule has 3 aromatic rings. The molecule has 0 bridgehead atoms. The van der Waals surface area contributed by atoms with Crippen molar-refractivity contribution < 1.29 is 9.13 Å². The topological polar surface area (TPSA) is 66.0 Å². The second-order valence-electron chi connectivity index (χ2n) is 4.89. The third-order valence-corrected chi connectivity index (χ3v) is 4.59. The summed E-state index contributed by atoms with van der Waals surface area (Å²) in [4.78, 5) is 0. The largest absolute Gasteiger partial charge is 0.486 e. The summed E-state index contributed by atoms with van der Waals surface area (Å²) >= 11 is 7.56. The molecule has 0 fully saturated rings. The minimum Gasteiger partial charge on any atom is -0.486 e. The lowest BCUT2D eigenvalue weighted by atomic mass is 10.2. The SMILES string of the molecule is Nn1c(COc2ccc(F)cc2)nnc1SCc1ccccc1Cl. The molecule has 5 nitrogen and oxygen atoms in total. The number of hydrogen-bond donors (Lipinski definition) is 1. The fourth-order valence-electron chi connectivity index (χ4n) is 1.94. The van der Waals surface area contributed by atoms with Crippen LogP contribution in [0.5, 0.6) is 5.75 Å². The van der Waals surface area contributed by atoms with Crippen molar-refractivity contribution >= 4 is 23.4 Å². The van der Waals surface area contributed by atoms with E-state index in [0.717, 1.165) is 5.56 Å². The first-order valence-corrected chi connectivity index (χ1v) is 8.44. The number of halogens is 2. The lowest BCUT2D eigenvalue weighted by Crippen LogP contribution is -2.15. The molecule has 0 aliphatic rings. The summed E-state index contributed by atoms with van der Waals surface area (Å²) in [5.41, 5.74) is 0.997. The second-order valence-corrected chi connectivity index (χ2v) is 6.24. The van der Waals surface area contributed by atoms with E-state index >= 15 is 0 Å². The Morgan fingerprint density at radius 3 is 2.62 bits per heavy atom. The highest BCUT2D eigenvalue weighted by molar-refractivity contribution is 7.98. The molecule has 2 N–H and O–H groups in total. The number of nitrogens with zero attached hydrogens (tertiary/aromatic N) is 3. The first kappa shape index (κ1) is 16.6. The van der Waals surface area contributed by atoms with Crippen molar-refractivity contribution in [2.75, 3.05) is 5.84 Å². The molecule has 2 aromatic carbocycles. The Hall–Kier alpha value is -2.25. The highest BCUT2D eigenvalue weighted by Crippen LogP contribution is 2.25. The Labute approximate surface area is 147 Å². The van der Waals surface area contributed by atoms with Gasteiger partial charge in [0.2, 0.25) is 5.16 Å². The zero-order valence-corrected chi connectivity index (χ0v) is 14.1. The lowest BCUT2D eigenvalue weighted by molar-refractivity contribution is 0.291. The number of benzene rings is 2. The van der Waals surface area contributed by atoms with Crippen LogP contribution in [0.2, 0.25) is 5.02 Å². The fourth-order valence-corrected chi connectivity index (χ4v) is 3.10. The van der Waals surface area contributed by atoms with Crippen molar-refractivity contribution in [3.63, 3.8) is 0 Å². The quantitative estimate of drug-likeness (QED) is 0.534. The Morgan fingerprint density at radius 1 is 1.12 bits per heavy atom. The molecular weight excluding hydrogens is 351 g/mol. The normalized spacial score (nSPS) is 10.8. The van der Waals surface area contributed by atoms with E-state index in [4.69, 9.17) is 22.2 Å². The highest BCUT2D eigenvalue weighted by Gasteiger charge is 2.12. The molecule has 0 amide bonds. The van der Waals surface area contributed by atoms with E-state index in [1.54, 1.807) is 12.1 Å². The summed E-state index contributed by atoms with van der Waals surface area (Å²) in [6.45, 7) is 0.141. The predicted octanol–water partition coefficient (Wildman–Crippen LogP) is 3.66. The molecule has 0 saturated carbocycles. The third-order valence-electron chi connectivity index (χ3n) is 3.23. The first-order chi connectivity index (χ1) is 11.6. The monoisotopic (exact) mass is 364 g/mol. The van der Waals surface area contributed by atoms with E-state index in [0.29, 0.717) is 27.5 Å². The maximum atomic E-state index is 12.9. The second kappa shape index (κ2) is 7.55. The van der Waals surface area contributed by atoms with Crippen molar-refractivity contribution in [3.8, 4) is 5.75 Å². The van der Waals surface area contributed by atoms with E-state index in [1.807, 2.05) is 24.3 Å². The zero-order chi connectivity index (χ0) is 16.9. The number of nitrogen functional groups attached to an aromatic ring is 1. The minimum absolute atomic E-state index is 0.141. The molecule has 0 unspecified atom stereocenters. The molecule has 0 spiro atoms. The summed E-state index contributed by atoms with van der Waals surface area (Å²) in [6.07, 6.45) is 0. The zero-order valence-electron chi connectivity index (χ0n) is 12.5. The molecule has 3 rings (SSSR count). The maximum absolute atomic E-state index is 12.9. The van der Waals surface area contributed by atoms with Gasteiger partial charge in [0.05, 0.1) is 0 Å². The predicted molar refractivity (Wildman–Crippen MR) is 91.9 cm³/mol. The lowest BCUT2D eigenvalue weighted by Gasteiger charge is -2.06. The van der Waals surface area contributed by atoms with Crippen molar-refractivity contribution in [3.05, 3.63) is 70.8 Å². The van der Waals surface area contributed by atoms with Gasteiger partial charge in [-0.3, -0.25) is 0 Å². The molecular formula is C16H14ClFN4OS. The van der Waals surface area contributed by atoms with Crippen LogP contribution in [0.25, 0.3) is 0 Å². The third kappa shape index (κ3) is 3.98. The number of nitrogens with two attached hydrogens (primary N) is 1. The van der Waals surface area contributed by atoms with Gasteiger partial charge in [0, 0.05) is 10.8 Å². The number of rotatable bonds is 6. The maximum Gasteiger partial charge on any atom is 0.210 e. The smallest absolute Gasteiger partial charge is 0.210 e.